The molecule has 1 aromatic heterocycles. The Kier molecular flexibility index (Phi) is 3.39. The lowest BCUT2D eigenvalue weighted by atomic mass is 9.81. The van der Waals surface area contributed by atoms with Crippen molar-refractivity contribution in [1.82, 2.24) is 0 Å². The summed E-state index contributed by atoms with van der Waals surface area (Å²) in [7, 11) is 0. The van der Waals surface area contributed by atoms with Gasteiger partial charge in [0.1, 0.15) is 5.78 Å². The molecule has 0 spiro atoms. The van der Waals surface area contributed by atoms with E-state index in [9.17, 15) is 4.79 Å². The lowest BCUT2D eigenvalue weighted by Crippen LogP contribution is -2.16. The summed E-state index contributed by atoms with van der Waals surface area (Å²) in [5.74, 6) is 1.10. The Balaban J connectivity index is 1.84. The summed E-state index contributed by atoms with van der Waals surface area (Å²) in [5.41, 5.74) is 0. The summed E-state index contributed by atoms with van der Waals surface area (Å²) >= 11 is 5.11. The average Bonchev–Trinajstić information content (AvgIpc) is 2.45. The molecule has 1 fully saturated rings. The summed E-state index contributed by atoms with van der Waals surface area (Å²) in [6, 6.07) is 2.01. The van der Waals surface area contributed by atoms with Crippen molar-refractivity contribution in [3.05, 3.63) is 20.8 Å². The van der Waals surface area contributed by atoms with Gasteiger partial charge in [0.2, 0.25) is 0 Å². The van der Waals surface area contributed by atoms with E-state index in [1.165, 1.54) is 24.1 Å². The summed E-state index contributed by atoms with van der Waals surface area (Å²) in [6.07, 6.45) is 5.26. The van der Waals surface area contributed by atoms with Gasteiger partial charge < -0.3 is 0 Å². The molecule has 0 unspecified atom stereocenters. The summed E-state index contributed by atoms with van der Waals surface area (Å²) in [6.45, 7) is 0. The van der Waals surface area contributed by atoms with Gasteiger partial charge in [-0.05, 0) is 33.3 Å². The molecule has 1 aromatic rings. The molecule has 0 aromatic carbocycles. The number of Topliss-reactive ketones (excluding diaryl/α,β-unsaturated/α-hetero) is 1. The molecule has 0 amide bonds. The van der Waals surface area contributed by atoms with Crippen LogP contribution in [0.25, 0.3) is 0 Å². The lowest BCUT2D eigenvalue weighted by Gasteiger charge is -2.24. The lowest BCUT2D eigenvalue weighted by molar-refractivity contribution is -0.119. The van der Waals surface area contributed by atoms with E-state index >= 15 is 0 Å². The summed E-state index contributed by atoms with van der Waals surface area (Å²) in [4.78, 5) is 12.8. The van der Waals surface area contributed by atoms with E-state index in [1.807, 2.05) is 11.4 Å². The molecule has 2 rings (SSSR count). The van der Waals surface area contributed by atoms with Crippen LogP contribution < -0.4 is 0 Å². The molecule has 0 aliphatic heterocycles. The Hall–Kier alpha value is -0.150. The molecule has 1 aliphatic carbocycles. The number of ketones is 1. The summed E-state index contributed by atoms with van der Waals surface area (Å²) < 4.78 is 1.09. The highest BCUT2D eigenvalue weighted by atomic mass is 79.9. The van der Waals surface area contributed by atoms with E-state index in [4.69, 9.17) is 0 Å². The maximum Gasteiger partial charge on any atom is 0.138 e. The van der Waals surface area contributed by atoms with Gasteiger partial charge in [0, 0.05) is 22.2 Å². The number of thiophene rings is 1. The van der Waals surface area contributed by atoms with Gasteiger partial charge in [-0.25, -0.2) is 0 Å². The third-order valence-corrected chi connectivity index (χ3v) is 4.72. The van der Waals surface area contributed by atoms with Gasteiger partial charge in [-0.1, -0.05) is 19.3 Å². The Morgan fingerprint density at radius 2 is 2.36 bits per heavy atom. The molecule has 1 heterocycles. The Bertz CT molecular complexity index is 328. The number of carbonyl (C=O) groups is 1. The second-order valence-electron chi connectivity index (χ2n) is 3.91. The van der Waals surface area contributed by atoms with Crippen LogP contribution in [0.5, 0.6) is 0 Å². The van der Waals surface area contributed by atoms with Crippen molar-refractivity contribution in [3.8, 4) is 0 Å². The highest BCUT2D eigenvalue weighted by Crippen LogP contribution is 2.31. The predicted octanol–water partition coefficient (Wildman–Crippen LogP) is 3.81. The van der Waals surface area contributed by atoms with E-state index in [0.29, 0.717) is 18.1 Å². The first-order chi connectivity index (χ1) is 6.75. The molecular formula is C11H13BrOS. The summed E-state index contributed by atoms with van der Waals surface area (Å²) in [5, 5.41) is 2.02. The maximum absolute atomic E-state index is 11.7. The minimum Gasteiger partial charge on any atom is -0.299 e. The average molecular weight is 273 g/mol. The third kappa shape index (κ3) is 2.45. The van der Waals surface area contributed by atoms with Crippen LogP contribution in [0.3, 0.4) is 0 Å². The molecule has 1 saturated carbocycles. The van der Waals surface area contributed by atoms with Crippen molar-refractivity contribution in [2.45, 2.75) is 32.1 Å². The minimum absolute atomic E-state index is 0.401. The van der Waals surface area contributed by atoms with Crippen LogP contribution in [-0.2, 0) is 11.2 Å². The zero-order chi connectivity index (χ0) is 9.97. The topological polar surface area (TPSA) is 17.1 Å². The van der Waals surface area contributed by atoms with Crippen LogP contribution >= 0.6 is 27.3 Å². The molecule has 0 bridgehead atoms. The molecule has 3 heteroatoms. The van der Waals surface area contributed by atoms with Gasteiger partial charge >= 0.3 is 0 Å². The minimum atomic E-state index is 0.401. The van der Waals surface area contributed by atoms with Gasteiger partial charge in [-0.2, -0.15) is 0 Å². The number of hydrogen-bond acceptors (Lipinski definition) is 2. The van der Waals surface area contributed by atoms with Gasteiger partial charge in [-0.3, -0.25) is 4.79 Å². The normalized spacial score (nSPS) is 16.6. The van der Waals surface area contributed by atoms with Gasteiger partial charge in [-0.15, -0.1) is 11.3 Å². The van der Waals surface area contributed by atoms with Crippen molar-refractivity contribution in [3.63, 3.8) is 0 Å². The fraction of sp³-hybridized carbons (Fsp3) is 0.545. The van der Waals surface area contributed by atoms with Crippen LogP contribution in [0.4, 0.5) is 0 Å². The fourth-order valence-corrected chi connectivity index (χ4v) is 3.24. The van der Waals surface area contributed by atoms with Crippen molar-refractivity contribution in [1.29, 1.82) is 0 Å². The molecule has 0 saturated heterocycles. The quantitative estimate of drug-likeness (QED) is 0.815. The molecule has 14 heavy (non-hydrogen) atoms. The number of carbonyl (C=O) groups excluding carboxylic acids is 1. The van der Waals surface area contributed by atoms with E-state index < -0.39 is 0 Å². The monoisotopic (exact) mass is 272 g/mol. The highest BCUT2D eigenvalue weighted by Gasteiger charge is 2.21. The first-order valence-corrected chi connectivity index (χ1v) is 6.66. The van der Waals surface area contributed by atoms with E-state index in [2.05, 4.69) is 15.9 Å². The van der Waals surface area contributed by atoms with Crippen molar-refractivity contribution < 1.29 is 4.79 Å². The standard InChI is InChI=1S/C11H13BrOS/c12-10-4-5-14-11(10)7-9(13)6-8-2-1-3-8/h4-5,8H,1-3,6-7H2. The Morgan fingerprint density at radius 1 is 1.57 bits per heavy atom. The second kappa shape index (κ2) is 4.58. The Morgan fingerprint density at radius 3 is 2.86 bits per heavy atom. The van der Waals surface area contributed by atoms with Crippen molar-refractivity contribution in [2.24, 2.45) is 5.92 Å². The number of halogens is 1. The molecule has 0 radical (unpaired) electrons. The van der Waals surface area contributed by atoms with Gasteiger partial charge in [0.25, 0.3) is 0 Å². The largest absolute Gasteiger partial charge is 0.299 e. The fourth-order valence-electron chi connectivity index (χ4n) is 1.72. The van der Waals surface area contributed by atoms with E-state index in [0.717, 1.165) is 10.9 Å². The van der Waals surface area contributed by atoms with Gasteiger partial charge in [0.05, 0.1) is 0 Å². The van der Waals surface area contributed by atoms with Gasteiger partial charge in [0.15, 0.2) is 0 Å². The smallest absolute Gasteiger partial charge is 0.138 e. The number of rotatable bonds is 4. The first kappa shape index (κ1) is 10.4. The molecular weight excluding hydrogens is 260 g/mol. The molecule has 1 aliphatic rings. The van der Waals surface area contributed by atoms with Crippen LogP contribution in [0.1, 0.15) is 30.6 Å². The Labute approximate surface area is 96.6 Å². The SMILES string of the molecule is O=C(Cc1sccc1Br)CC1CCC1. The maximum atomic E-state index is 11.7. The van der Waals surface area contributed by atoms with E-state index in [-0.39, 0.29) is 0 Å². The van der Waals surface area contributed by atoms with Crippen molar-refractivity contribution >= 4 is 33.0 Å². The first-order valence-electron chi connectivity index (χ1n) is 4.99. The third-order valence-electron chi connectivity index (χ3n) is 2.79. The van der Waals surface area contributed by atoms with Crippen LogP contribution in [0, 0.1) is 5.92 Å². The van der Waals surface area contributed by atoms with E-state index in [1.54, 1.807) is 11.3 Å². The van der Waals surface area contributed by atoms with Crippen LogP contribution in [0.2, 0.25) is 0 Å². The zero-order valence-electron chi connectivity index (χ0n) is 7.96. The molecule has 0 N–H and O–H groups in total. The molecule has 1 nitrogen and oxygen atoms in total. The van der Waals surface area contributed by atoms with Crippen molar-refractivity contribution in [2.75, 3.05) is 0 Å². The number of hydrogen-bond donors (Lipinski definition) is 0. The predicted molar refractivity (Wildman–Crippen MR) is 62.7 cm³/mol. The highest BCUT2D eigenvalue weighted by molar-refractivity contribution is 9.10. The van der Waals surface area contributed by atoms with Crippen LogP contribution in [0.15, 0.2) is 15.9 Å². The zero-order valence-corrected chi connectivity index (χ0v) is 10.4. The molecule has 76 valence electrons. The van der Waals surface area contributed by atoms with Crippen LogP contribution in [-0.4, -0.2) is 5.78 Å². The second-order valence-corrected chi connectivity index (χ2v) is 5.76. The molecule has 0 atom stereocenters.